The predicted octanol–water partition coefficient (Wildman–Crippen LogP) is 3.66. The second kappa shape index (κ2) is 8.78. The maximum atomic E-state index is 13.2. The summed E-state index contributed by atoms with van der Waals surface area (Å²) in [5.41, 5.74) is 0.830. The van der Waals surface area contributed by atoms with Gasteiger partial charge in [0.15, 0.2) is 0 Å². The van der Waals surface area contributed by atoms with Crippen molar-refractivity contribution in [2.45, 2.75) is 51.8 Å². The molecule has 1 heterocycles. The summed E-state index contributed by atoms with van der Waals surface area (Å²) in [6.45, 7) is 7.90. The molecule has 3 rings (SSSR count). The van der Waals surface area contributed by atoms with Gasteiger partial charge in [0.25, 0.3) is 0 Å². The number of hydrogen-bond donors (Lipinski definition) is 1. The number of carbonyl (C=O) groups is 1. The van der Waals surface area contributed by atoms with Crippen LogP contribution in [0.15, 0.2) is 48.5 Å². The van der Waals surface area contributed by atoms with E-state index in [2.05, 4.69) is 5.32 Å². The number of ether oxygens (including phenoxy) is 2. The first-order valence-electron chi connectivity index (χ1n) is 10.3. The van der Waals surface area contributed by atoms with Gasteiger partial charge in [0, 0.05) is 12.0 Å². The van der Waals surface area contributed by atoms with Crippen molar-refractivity contribution in [3.8, 4) is 11.5 Å². The number of nitrogens with zero attached hydrogens (tertiary/aromatic N) is 1. The molecule has 1 aliphatic rings. The first kappa shape index (κ1) is 22.9. The van der Waals surface area contributed by atoms with Gasteiger partial charge in [-0.05, 0) is 58.0 Å². The summed E-state index contributed by atoms with van der Waals surface area (Å²) in [7, 11) is -3.70. The third-order valence-corrected chi connectivity index (χ3v) is 6.43. The number of benzene rings is 2. The molecule has 1 aliphatic heterocycles. The Morgan fingerprint density at radius 3 is 2.48 bits per heavy atom. The normalized spacial score (nSPS) is 18.3. The Labute approximate surface area is 184 Å². The van der Waals surface area contributed by atoms with Gasteiger partial charge >= 0.3 is 0 Å². The molecule has 0 bridgehead atoms. The van der Waals surface area contributed by atoms with Crippen LogP contribution in [0.4, 0.5) is 5.69 Å². The summed E-state index contributed by atoms with van der Waals surface area (Å²) in [6.07, 6.45) is 1.67. The molecule has 168 valence electrons. The largest absolute Gasteiger partial charge is 0.494 e. The molecule has 2 atom stereocenters. The van der Waals surface area contributed by atoms with Crippen LogP contribution in [0.2, 0.25) is 0 Å². The van der Waals surface area contributed by atoms with E-state index in [1.54, 1.807) is 31.2 Å². The zero-order chi connectivity index (χ0) is 22.8. The van der Waals surface area contributed by atoms with Crippen molar-refractivity contribution in [1.29, 1.82) is 0 Å². The summed E-state index contributed by atoms with van der Waals surface area (Å²) in [4.78, 5) is 13.2. The lowest BCUT2D eigenvalue weighted by Crippen LogP contribution is -2.50. The average Bonchev–Trinajstić information content (AvgIpc) is 2.67. The van der Waals surface area contributed by atoms with Gasteiger partial charge in [0.05, 0.1) is 24.6 Å². The molecule has 1 amide bonds. The van der Waals surface area contributed by atoms with Gasteiger partial charge in [-0.25, -0.2) is 8.42 Å². The second-order valence-corrected chi connectivity index (χ2v) is 10.2. The van der Waals surface area contributed by atoms with Crippen LogP contribution in [0.1, 0.15) is 45.7 Å². The monoisotopic (exact) mass is 446 g/mol. The molecule has 8 heteroatoms. The third-order valence-electron chi connectivity index (χ3n) is 5.18. The molecule has 0 saturated heterocycles. The molecule has 0 saturated carbocycles. The van der Waals surface area contributed by atoms with Crippen molar-refractivity contribution in [1.82, 2.24) is 5.32 Å². The van der Waals surface area contributed by atoms with E-state index in [0.29, 0.717) is 24.5 Å². The number of hydrogen-bond acceptors (Lipinski definition) is 5. The molecule has 0 fully saturated rings. The standard InChI is InChI=1S/C23H30N2O5S/c1-6-29-18-13-11-17(12-14-18)25(31(5,27)28)16(2)22(26)24-20-15-23(3,4)30-21-10-8-7-9-19(20)21/h7-14,16,20H,6,15H2,1-5H3,(H,24,26)/t16-,20+/m1/s1. The molecule has 0 spiro atoms. The van der Waals surface area contributed by atoms with Crippen LogP contribution in [-0.2, 0) is 14.8 Å². The maximum absolute atomic E-state index is 13.2. The lowest BCUT2D eigenvalue weighted by atomic mass is 9.89. The summed E-state index contributed by atoms with van der Waals surface area (Å²) in [5, 5.41) is 3.03. The third kappa shape index (κ3) is 5.31. The Hall–Kier alpha value is -2.74. The summed E-state index contributed by atoms with van der Waals surface area (Å²) >= 11 is 0. The highest BCUT2D eigenvalue weighted by atomic mass is 32.2. The van der Waals surface area contributed by atoms with E-state index in [1.807, 2.05) is 45.0 Å². The van der Waals surface area contributed by atoms with Gasteiger partial charge < -0.3 is 14.8 Å². The molecule has 31 heavy (non-hydrogen) atoms. The van der Waals surface area contributed by atoms with Crippen molar-refractivity contribution in [2.24, 2.45) is 0 Å². The highest BCUT2D eigenvalue weighted by Crippen LogP contribution is 2.39. The fraction of sp³-hybridized carbons (Fsp3) is 0.435. The minimum Gasteiger partial charge on any atom is -0.494 e. The summed E-state index contributed by atoms with van der Waals surface area (Å²) < 4.78 is 37.7. The van der Waals surface area contributed by atoms with Crippen molar-refractivity contribution in [2.75, 3.05) is 17.2 Å². The van der Waals surface area contributed by atoms with Crippen LogP contribution in [0.25, 0.3) is 0 Å². The average molecular weight is 447 g/mol. The number of amides is 1. The van der Waals surface area contributed by atoms with E-state index in [4.69, 9.17) is 9.47 Å². The van der Waals surface area contributed by atoms with E-state index >= 15 is 0 Å². The first-order chi connectivity index (χ1) is 14.5. The van der Waals surface area contributed by atoms with Crippen LogP contribution in [-0.4, -0.2) is 38.8 Å². The molecule has 7 nitrogen and oxygen atoms in total. The molecule has 2 aromatic rings. The van der Waals surface area contributed by atoms with E-state index in [-0.39, 0.29) is 11.9 Å². The van der Waals surface area contributed by atoms with Gasteiger partial charge in [0.1, 0.15) is 23.1 Å². The quantitative estimate of drug-likeness (QED) is 0.702. The topological polar surface area (TPSA) is 84.9 Å². The Morgan fingerprint density at radius 1 is 1.23 bits per heavy atom. The van der Waals surface area contributed by atoms with E-state index in [1.165, 1.54) is 0 Å². The molecule has 0 radical (unpaired) electrons. The maximum Gasteiger partial charge on any atom is 0.244 e. The Kier molecular flexibility index (Phi) is 6.50. The first-order valence-corrected chi connectivity index (χ1v) is 12.2. The van der Waals surface area contributed by atoms with Crippen molar-refractivity contribution in [3.05, 3.63) is 54.1 Å². The molecule has 0 aromatic heterocycles. The van der Waals surface area contributed by atoms with Crippen LogP contribution < -0.4 is 19.1 Å². The molecule has 1 N–H and O–H groups in total. The zero-order valence-corrected chi connectivity index (χ0v) is 19.4. The highest BCUT2D eigenvalue weighted by Gasteiger charge is 2.36. The number of fused-ring (bicyclic) bond motifs is 1. The van der Waals surface area contributed by atoms with Crippen molar-refractivity contribution < 1.29 is 22.7 Å². The fourth-order valence-corrected chi connectivity index (χ4v) is 5.06. The lowest BCUT2D eigenvalue weighted by Gasteiger charge is -2.38. The Balaban J connectivity index is 1.85. The van der Waals surface area contributed by atoms with E-state index < -0.39 is 21.7 Å². The van der Waals surface area contributed by atoms with Gasteiger partial charge in [-0.2, -0.15) is 0 Å². The minimum atomic E-state index is -3.70. The Bertz CT molecular complexity index is 1030. The van der Waals surface area contributed by atoms with Crippen LogP contribution in [0.5, 0.6) is 11.5 Å². The van der Waals surface area contributed by atoms with Crippen LogP contribution in [0.3, 0.4) is 0 Å². The molecule has 0 unspecified atom stereocenters. The smallest absolute Gasteiger partial charge is 0.244 e. The van der Waals surface area contributed by atoms with Crippen LogP contribution in [0, 0.1) is 0 Å². The minimum absolute atomic E-state index is 0.281. The number of rotatable bonds is 7. The number of anilines is 1. The number of nitrogens with one attached hydrogen (secondary N) is 1. The summed E-state index contributed by atoms with van der Waals surface area (Å²) in [6, 6.07) is 13.0. The van der Waals surface area contributed by atoms with Gasteiger partial charge in [-0.1, -0.05) is 18.2 Å². The van der Waals surface area contributed by atoms with Crippen LogP contribution >= 0.6 is 0 Å². The lowest BCUT2D eigenvalue weighted by molar-refractivity contribution is -0.123. The SMILES string of the molecule is CCOc1ccc(N([C@H](C)C(=O)N[C@H]2CC(C)(C)Oc3ccccc32)S(C)(=O)=O)cc1. The number of sulfonamides is 1. The van der Waals surface area contributed by atoms with E-state index in [0.717, 1.165) is 21.9 Å². The molecular weight excluding hydrogens is 416 g/mol. The fourth-order valence-electron chi connectivity index (χ4n) is 3.89. The van der Waals surface area contributed by atoms with E-state index in [9.17, 15) is 13.2 Å². The van der Waals surface area contributed by atoms with Gasteiger partial charge in [0.2, 0.25) is 15.9 Å². The molecule has 0 aliphatic carbocycles. The van der Waals surface area contributed by atoms with Gasteiger partial charge in [-0.15, -0.1) is 0 Å². The molecule has 2 aromatic carbocycles. The highest BCUT2D eigenvalue weighted by molar-refractivity contribution is 7.92. The van der Waals surface area contributed by atoms with Gasteiger partial charge in [-0.3, -0.25) is 9.10 Å². The number of carbonyl (C=O) groups excluding carboxylic acids is 1. The predicted molar refractivity (Wildman–Crippen MR) is 121 cm³/mol. The number of para-hydroxylation sites is 1. The summed E-state index contributed by atoms with van der Waals surface area (Å²) in [5.74, 6) is 0.984. The van der Waals surface area contributed by atoms with Crippen molar-refractivity contribution in [3.63, 3.8) is 0 Å². The Morgan fingerprint density at radius 2 is 1.87 bits per heavy atom. The zero-order valence-electron chi connectivity index (χ0n) is 18.6. The molecular formula is C23H30N2O5S. The van der Waals surface area contributed by atoms with Crippen molar-refractivity contribution >= 4 is 21.6 Å². The second-order valence-electron chi connectivity index (χ2n) is 8.33.